The van der Waals surface area contributed by atoms with Gasteiger partial charge in [0.05, 0.1) is 7.11 Å². The van der Waals surface area contributed by atoms with Crippen LogP contribution in [0.5, 0.6) is 5.75 Å². The van der Waals surface area contributed by atoms with Crippen molar-refractivity contribution < 1.29 is 13.9 Å². The summed E-state index contributed by atoms with van der Waals surface area (Å²) in [6, 6.07) is 13.6. The Labute approximate surface area is 169 Å². The summed E-state index contributed by atoms with van der Waals surface area (Å²) >= 11 is 1.41. The van der Waals surface area contributed by atoms with Crippen LogP contribution in [-0.4, -0.2) is 23.1 Å². The Morgan fingerprint density at radius 1 is 1.11 bits per heavy atom. The second-order valence-corrected chi connectivity index (χ2v) is 8.50. The number of ether oxygens (including phenoxy) is 1. The molecule has 0 aliphatic heterocycles. The van der Waals surface area contributed by atoms with Gasteiger partial charge in [-0.25, -0.2) is 0 Å². The number of methoxy groups -OCH3 is 1. The number of rotatable bonds is 6. The van der Waals surface area contributed by atoms with Crippen LogP contribution in [0.4, 0.5) is 0 Å². The molecule has 146 valence electrons. The van der Waals surface area contributed by atoms with Crippen molar-refractivity contribution in [2.24, 2.45) is 0 Å². The van der Waals surface area contributed by atoms with Gasteiger partial charge >= 0.3 is 0 Å². The maximum absolute atomic E-state index is 11.6. The number of carbonyl (C=O) groups is 1. The summed E-state index contributed by atoms with van der Waals surface area (Å²) in [5.41, 5.74) is 3.81. The zero-order chi connectivity index (χ0) is 20.3. The molecule has 28 heavy (non-hydrogen) atoms. The van der Waals surface area contributed by atoms with Gasteiger partial charge in [0.25, 0.3) is 5.22 Å². The second-order valence-electron chi connectivity index (χ2n) is 7.57. The molecule has 0 fully saturated rings. The maximum Gasteiger partial charge on any atom is 0.277 e. The average Bonchev–Trinajstić information content (AvgIpc) is 3.14. The number of ketones is 1. The van der Waals surface area contributed by atoms with Crippen molar-refractivity contribution in [2.75, 3.05) is 7.11 Å². The molecule has 0 N–H and O–H groups in total. The molecule has 1 heterocycles. The molecule has 0 radical (unpaired) electrons. The Morgan fingerprint density at radius 2 is 1.82 bits per heavy atom. The second kappa shape index (κ2) is 8.19. The molecule has 0 saturated heterocycles. The minimum absolute atomic E-state index is 0.0210. The van der Waals surface area contributed by atoms with Gasteiger partial charge in [-0.1, -0.05) is 44.7 Å². The topological polar surface area (TPSA) is 65.2 Å². The Morgan fingerprint density at radius 3 is 2.43 bits per heavy atom. The normalized spacial score (nSPS) is 11.5. The number of nitrogens with zero attached hydrogens (tertiary/aromatic N) is 2. The fourth-order valence-electron chi connectivity index (χ4n) is 2.75. The third-order valence-electron chi connectivity index (χ3n) is 4.44. The number of aromatic nitrogens is 2. The molecule has 3 aromatic rings. The van der Waals surface area contributed by atoms with Crippen LogP contribution in [0.3, 0.4) is 0 Å². The molecule has 5 nitrogen and oxygen atoms in total. The summed E-state index contributed by atoms with van der Waals surface area (Å²) in [5, 5.41) is 8.76. The largest absolute Gasteiger partial charge is 0.496 e. The Bertz CT molecular complexity index is 972. The Balaban J connectivity index is 1.73. The quantitative estimate of drug-likeness (QED) is 0.403. The molecule has 0 unspecified atom stereocenters. The first-order chi connectivity index (χ1) is 13.3. The average molecular weight is 397 g/mol. The van der Waals surface area contributed by atoms with E-state index in [1.165, 1.54) is 17.3 Å². The van der Waals surface area contributed by atoms with Crippen molar-refractivity contribution in [3.63, 3.8) is 0 Å². The van der Waals surface area contributed by atoms with Crippen molar-refractivity contribution >= 4 is 17.5 Å². The maximum atomic E-state index is 11.6. The fraction of sp³-hybridized carbons (Fsp3) is 0.318. The van der Waals surface area contributed by atoms with Crippen LogP contribution < -0.4 is 4.74 Å². The monoisotopic (exact) mass is 396 g/mol. The number of thioether (sulfide) groups is 1. The third-order valence-corrected chi connectivity index (χ3v) is 5.31. The van der Waals surface area contributed by atoms with E-state index in [9.17, 15) is 4.79 Å². The molecule has 3 rings (SSSR count). The van der Waals surface area contributed by atoms with Crippen LogP contribution in [0.15, 0.2) is 52.1 Å². The lowest BCUT2D eigenvalue weighted by Gasteiger charge is -2.18. The molecular weight excluding hydrogens is 372 g/mol. The summed E-state index contributed by atoms with van der Waals surface area (Å²) in [6.45, 7) is 8.09. The smallest absolute Gasteiger partial charge is 0.277 e. The number of carbonyl (C=O) groups excluding carboxylic acids is 1. The van der Waals surface area contributed by atoms with Gasteiger partial charge in [-0.2, -0.15) is 0 Å². The molecule has 0 atom stereocenters. The summed E-state index contributed by atoms with van der Waals surface area (Å²) < 4.78 is 11.2. The summed E-state index contributed by atoms with van der Waals surface area (Å²) in [5.74, 6) is 1.81. The minimum atomic E-state index is 0.0210. The highest BCUT2D eigenvalue weighted by Gasteiger charge is 2.15. The van der Waals surface area contributed by atoms with Crippen LogP contribution in [-0.2, 0) is 11.2 Å². The van der Waals surface area contributed by atoms with Crippen molar-refractivity contribution in [3.05, 3.63) is 59.2 Å². The first-order valence-electron chi connectivity index (χ1n) is 9.03. The molecule has 2 aromatic carbocycles. The Kier molecular flexibility index (Phi) is 5.89. The first-order valence-corrected chi connectivity index (χ1v) is 10.0. The van der Waals surface area contributed by atoms with Gasteiger partial charge in [-0.3, -0.25) is 4.79 Å². The SMILES string of the molecule is COc1ccc(C(C)=O)cc1CSc1nnc(-c2ccc(C(C)(C)C)cc2)o1. The van der Waals surface area contributed by atoms with E-state index >= 15 is 0 Å². The molecule has 0 saturated carbocycles. The fourth-order valence-corrected chi connectivity index (χ4v) is 3.49. The summed E-state index contributed by atoms with van der Waals surface area (Å²) in [7, 11) is 1.61. The van der Waals surface area contributed by atoms with Crippen LogP contribution >= 0.6 is 11.8 Å². The van der Waals surface area contributed by atoms with E-state index in [4.69, 9.17) is 9.15 Å². The number of benzene rings is 2. The van der Waals surface area contributed by atoms with Crippen molar-refractivity contribution in [2.45, 2.75) is 44.1 Å². The zero-order valence-corrected chi connectivity index (χ0v) is 17.6. The number of Topliss-reactive ketones (excluding diaryl/α,β-unsaturated/α-hetero) is 1. The molecule has 1 aromatic heterocycles. The lowest BCUT2D eigenvalue weighted by atomic mass is 9.87. The van der Waals surface area contributed by atoms with Gasteiger partial charge in [-0.15, -0.1) is 10.2 Å². The van der Waals surface area contributed by atoms with E-state index in [1.807, 2.05) is 24.3 Å². The van der Waals surface area contributed by atoms with Crippen LogP contribution in [0.25, 0.3) is 11.5 Å². The van der Waals surface area contributed by atoms with E-state index in [2.05, 4.69) is 43.1 Å². The van der Waals surface area contributed by atoms with Crippen LogP contribution in [0, 0.1) is 0 Å². The Hall–Kier alpha value is -2.60. The number of hydrogen-bond donors (Lipinski definition) is 0. The van der Waals surface area contributed by atoms with Crippen LogP contribution in [0.1, 0.15) is 49.2 Å². The minimum Gasteiger partial charge on any atom is -0.496 e. The van der Waals surface area contributed by atoms with E-state index < -0.39 is 0 Å². The molecule has 0 aliphatic rings. The molecule has 6 heteroatoms. The summed E-state index contributed by atoms with van der Waals surface area (Å²) in [6.07, 6.45) is 0. The first kappa shape index (κ1) is 20.1. The van der Waals surface area contributed by atoms with Crippen molar-refractivity contribution in [1.82, 2.24) is 10.2 Å². The van der Waals surface area contributed by atoms with Crippen LogP contribution in [0.2, 0.25) is 0 Å². The molecule has 0 aliphatic carbocycles. The van der Waals surface area contributed by atoms with Gasteiger partial charge < -0.3 is 9.15 Å². The van der Waals surface area contributed by atoms with Crippen molar-refractivity contribution in [3.8, 4) is 17.2 Å². The lowest BCUT2D eigenvalue weighted by molar-refractivity contribution is 0.101. The van der Waals surface area contributed by atoms with Gasteiger partial charge in [0.1, 0.15) is 5.75 Å². The summed E-state index contributed by atoms with van der Waals surface area (Å²) in [4.78, 5) is 11.6. The highest BCUT2D eigenvalue weighted by molar-refractivity contribution is 7.98. The predicted octanol–water partition coefficient (Wildman–Crippen LogP) is 5.54. The predicted molar refractivity (Wildman–Crippen MR) is 111 cm³/mol. The zero-order valence-electron chi connectivity index (χ0n) is 16.8. The highest BCUT2D eigenvalue weighted by atomic mass is 32.2. The molecule has 0 amide bonds. The standard InChI is InChI=1S/C22H24N2O3S/c1-14(25)16-8-11-19(26-5)17(12-16)13-28-21-24-23-20(27-21)15-6-9-18(10-7-15)22(2,3)4/h6-12H,13H2,1-5H3. The lowest BCUT2D eigenvalue weighted by Crippen LogP contribution is -2.10. The van der Waals surface area contributed by atoms with E-state index in [1.54, 1.807) is 20.1 Å². The van der Waals surface area contributed by atoms with Gasteiger partial charge in [0.2, 0.25) is 5.89 Å². The van der Waals surface area contributed by atoms with Crippen molar-refractivity contribution in [1.29, 1.82) is 0 Å². The van der Waals surface area contributed by atoms with Gasteiger partial charge in [0.15, 0.2) is 5.78 Å². The molecular formula is C22H24N2O3S. The van der Waals surface area contributed by atoms with E-state index in [-0.39, 0.29) is 11.2 Å². The van der Waals surface area contributed by atoms with E-state index in [0.29, 0.717) is 22.4 Å². The molecule has 0 bridgehead atoms. The van der Waals surface area contributed by atoms with E-state index in [0.717, 1.165) is 16.9 Å². The van der Waals surface area contributed by atoms with Gasteiger partial charge in [-0.05, 0) is 48.2 Å². The highest BCUT2D eigenvalue weighted by Crippen LogP contribution is 2.31. The third kappa shape index (κ3) is 4.62. The van der Waals surface area contributed by atoms with Gasteiger partial charge in [0, 0.05) is 22.4 Å². The number of hydrogen-bond acceptors (Lipinski definition) is 6. The molecule has 0 spiro atoms.